The third-order valence-corrected chi connectivity index (χ3v) is 6.31. The van der Waals surface area contributed by atoms with Gasteiger partial charge in [-0.25, -0.2) is 4.98 Å². The van der Waals surface area contributed by atoms with Gasteiger partial charge in [-0.2, -0.15) is 5.10 Å². The molecule has 166 valence electrons. The van der Waals surface area contributed by atoms with E-state index in [1.807, 2.05) is 44.4 Å². The molecule has 0 spiro atoms. The second-order valence-electron chi connectivity index (χ2n) is 8.54. The van der Waals surface area contributed by atoms with Crippen LogP contribution in [-0.2, 0) is 16.6 Å². The minimum absolute atomic E-state index is 0.0575. The molecule has 1 aromatic carbocycles. The van der Waals surface area contributed by atoms with Gasteiger partial charge in [0.15, 0.2) is 5.78 Å². The summed E-state index contributed by atoms with van der Waals surface area (Å²) in [6.07, 6.45) is 6.37. The van der Waals surface area contributed by atoms with Crippen LogP contribution in [-0.4, -0.2) is 26.5 Å². The van der Waals surface area contributed by atoms with E-state index in [-0.39, 0.29) is 17.6 Å². The van der Waals surface area contributed by atoms with Gasteiger partial charge in [0.2, 0.25) is 0 Å². The number of nitrogens with one attached hydrogen (secondary N) is 2. The lowest BCUT2D eigenvalue weighted by Crippen LogP contribution is -2.37. The molecule has 0 saturated heterocycles. The topological polar surface area (TPSA) is 88.9 Å². The number of carbonyl (C=O) groups excluding carboxylic acids is 2. The predicted molar refractivity (Wildman–Crippen MR) is 125 cm³/mol. The number of aryl methyl sites for hydroxylation is 1. The smallest absolute Gasteiger partial charge is 0.255 e. The zero-order chi connectivity index (χ0) is 22.9. The van der Waals surface area contributed by atoms with Crippen molar-refractivity contribution in [1.29, 1.82) is 0 Å². The fourth-order valence-electron chi connectivity index (χ4n) is 4.84. The van der Waals surface area contributed by atoms with Crippen LogP contribution in [0.25, 0.3) is 0 Å². The zero-order valence-corrected chi connectivity index (χ0v) is 18.6. The lowest BCUT2D eigenvalue weighted by atomic mass is 9.72. The van der Waals surface area contributed by atoms with Gasteiger partial charge in [-0.05, 0) is 37.0 Å². The average molecular weight is 440 g/mol. The first-order valence-corrected chi connectivity index (χ1v) is 11.0. The summed E-state index contributed by atoms with van der Waals surface area (Å²) in [7, 11) is 1.83. The van der Waals surface area contributed by atoms with Crippen molar-refractivity contribution < 1.29 is 9.59 Å². The Bertz CT molecular complexity index is 1270. The Balaban J connectivity index is 1.55. The van der Waals surface area contributed by atoms with Crippen LogP contribution in [0, 0.1) is 0 Å². The molecule has 3 aromatic rings. The summed E-state index contributed by atoms with van der Waals surface area (Å²) in [6.45, 7) is 1.89. The number of rotatable bonds is 4. The molecular formula is C26H25N5O2. The first-order valence-electron chi connectivity index (χ1n) is 11.0. The highest BCUT2D eigenvalue weighted by atomic mass is 16.2. The number of pyridine rings is 1. The molecule has 0 bridgehead atoms. The van der Waals surface area contributed by atoms with Crippen molar-refractivity contribution in [3.63, 3.8) is 0 Å². The van der Waals surface area contributed by atoms with Crippen LogP contribution in [0.1, 0.15) is 42.7 Å². The number of Topliss-reactive ketones (excluding diaryl/α,β-unsaturated/α-hetero) is 1. The number of anilines is 1. The Morgan fingerprint density at radius 3 is 2.58 bits per heavy atom. The molecule has 7 heteroatoms. The number of benzene rings is 1. The number of ketones is 1. The summed E-state index contributed by atoms with van der Waals surface area (Å²) in [5.74, 6) is -0.134. The minimum atomic E-state index is -0.483. The summed E-state index contributed by atoms with van der Waals surface area (Å²) in [5.41, 5.74) is 4.77. The maximum Gasteiger partial charge on any atom is 0.255 e. The van der Waals surface area contributed by atoms with Crippen molar-refractivity contribution >= 4 is 17.5 Å². The molecule has 0 fully saturated rings. The molecule has 33 heavy (non-hydrogen) atoms. The van der Waals surface area contributed by atoms with Crippen LogP contribution in [0.4, 0.5) is 5.82 Å². The van der Waals surface area contributed by atoms with Crippen LogP contribution in [0.3, 0.4) is 0 Å². The SMILES string of the molecule is CC1=C(C(=O)Nc2ccccn2)C(c2cnn(C)c2)C2=C(CC(c3ccccc3)CC2=O)N1. The normalized spacial score (nSPS) is 20.4. The third kappa shape index (κ3) is 3.98. The largest absolute Gasteiger partial charge is 0.362 e. The van der Waals surface area contributed by atoms with Crippen LogP contribution in [0.2, 0.25) is 0 Å². The molecule has 3 heterocycles. The molecule has 2 N–H and O–H groups in total. The van der Waals surface area contributed by atoms with Crippen molar-refractivity contribution in [2.24, 2.45) is 7.05 Å². The summed E-state index contributed by atoms with van der Waals surface area (Å²) >= 11 is 0. The number of hydrogen-bond donors (Lipinski definition) is 2. The Morgan fingerprint density at radius 2 is 1.88 bits per heavy atom. The zero-order valence-electron chi connectivity index (χ0n) is 18.6. The lowest BCUT2D eigenvalue weighted by Gasteiger charge is -2.36. The van der Waals surface area contributed by atoms with E-state index in [1.165, 1.54) is 0 Å². The van der Waals surface area contributed by atoms with Crippen molar-refractivity contribution in [2.45, 2.75) is 31.6 Å². The fourth-order valence-corrected chi connectivity index (χ4v) is 4.84. The van der Waals surface area contributed by atoms with E-state index in [0.29, 0.717) is 29.8 Å². The minimum Gasteiger partial charge on any atom is -0.362 e. The first kappa shape index (κ1) is 20.9. The van der Waals surface area contributed by atoms with Crippen LogP contribution in [0.15, 0.2) is 89.7 Å². The monoisotopic (exact) mass is 439 g/mol. The van der Waals surface area contributed by atoms with E-state index in [4.69, 9.17) is 0 Å². The Morgan fingerprint density at radius 1 is 1.09 bits per heavy atom. The Kier molecular flexibility index (Phi) is 5.38. The summed E-state index contributed by atoms with van der Waals surface area (Å²) < 4.78 is 1.70. The fraction of sp³-hybridized carbons (Fsp3) is 0.231. The summed E-state index contributed by atoms with van der Waals surface area (Å²) in [6, 6.07) is 15.5. The van der Waals surface area contributed by atoms with E-state index >= 15 is 0 Å². The van der Waals surface area contributed by atoms with Gasteiger partial charge >= 0.3 is 0 Å². The molecule has 0 saturated carbocycles. The second-order valence-corrected chi connectivity index (χ2v) is 8.54. The summed E-state index contributed by atoms with van der Waals surface area (Å²) in [5, 5.41) is 10.6. The number of hydrogen-bond acceptors (Lipinski definition) is 5. The maximum absolute atomic E-state index is 13.5. The van der Waals surface area contributed by atoms with Crippen molar-refractivity contribution in [2.75, 3.05) is 5.32 Å². The molecule has 2 aliphatic rings. The van der Waals surface area contributed by atoms with Crippen molar-refractivity contribution in [3.05, 3.63) is 101 Å². The third-order valence-electron chi connectivity index (χ3n) is 6.31. The molecule has 2 aromatic heterocycles. The van der Waals surface area contributed by atoms with Gasteiger partial charge in [-0.1, -0.05) is 36.4 Å². The quantitative estimate of drug-likeness (QED) is 0.645. The molecular weight excluding hydrogens is 414 g/mol. The second kappa shape index (κ2) is 8.50. The summed E-state index contributed by atoms with van der Waals surface area (Å²) in [4.78, 5) is 31.2. The van der Waals surface area contributed by atoms with Gasteiger partial charge in [-0.15, -0.1) is 0 Å². The highest BCUT2D eigenvalue weighted by Gasteiger charge is 2.41. The van der Waals surface area contributed by atoms with Gasteiger partial charge in [0.05, 0.1) is 6.20 Å². The number of carbonyl (C=O) groups is 2. The lowest BCUT2D eigenvalue weighted by molar-refractivity contribution is -0.116. The molecule has 2 unspecified atom stereocenters. The van der Waals surface area contributed by atoms with Crippen molar-refractivity contribution in [1.82, 2.24) is 20.1 Å². The maximum atomic E-state index is 13.5. The molecule has 1 aliphatic heterocycles. The van der Waals surface area contributed by atoms with Crippen LogP contribution >= 0.6 is 0 Å². The Hall–Kier alpha value is -4.00. The van der Waals surface area contributed by atoms with Gasteiger partial charge in [-0.3, -0.25) is 14.3 Å². The number of nitrogens with zero attached hydrogens (tertiary/aromatic N) is 3. The van der Waals surface area contributed by atoms with Crippen LogP contribution < -0.4 is 10.6 Å². The number of amides is 1. The van der Waals surface area contributed by atoms with Gasteiger partial charge in [0.1, 0.15) is 5.82 Å². The van der Waals surface area contributed by atoms with E-state index < -0.39 is 5.92 Å². The van der Waals surface area contributed by atoms with Crippen molar-refractivity contribution in [3.8, 4) is 0 Å². The number of dihydropyridines is 1. The van der Waals surface area contributed by atoms with Gasteiger partial charge in [0.25, 0.3) is 5.91 Å². The molecule has 1 amide bonds. The van der Waals surface area contributed by atoms with Crippen LogP contribution in [0.5, 0.6) is 0 Å². The van der Waals surface area contributed by atoms with Gasteiger partial charge in [0, 0.05) is 59.9 Å². The average Bonchev–Trinajstić information content (AvgIpc) is 3.25. The number of allylic oxidation sites excluding steroid dienone is 3. The van der Waals surface area contributed by atoms with E-state index in [9.17, 15) is 9.59 Å². The van der Waals surface area contributed by atoms with E-state index in [0.717, 1.165) is 22.5 Å². The van der Waals surface area contributed by atoms with Gasteiger partial charge < -0.3 is 10.6 Å². The molecule has 7 nitrogen and oxygen atoms in total. The van der Waals surface area contributed by atoms with E-state index in [1.54, 1.807) is 29.2 Å². The highest BCUT2D eigenvalue weighted by Crippen LogP contribution is 2.45. The Labute approximate surface area is 192 Å². The first-order chi connectivity index (χ1) is 16.0. The molecule has 1 aliphatic carbocycles. The highest BCUT2D eigenvalue weighted by molar-refractivity contribution is 6.09. The predicted octanol–water partition coefficient (Wildman–Crippen LogP) is 3.82. The van der Waals surface area contributed by atoms with E-state index in [2.05, 4.69) is 32.8 Å². The molecule has 5 rings (SSSR count). The molecule has 2 atom stereocenters. The standard InChI is InChI=1S/C26H25N5O2/c1-16-23(26(33)30-22-10-6-7-11-27-22)24(19-14-28-31(2)15-19)25-20(29-16)12-18(13-21(25)32)17-8-4-3-5-9-17/h3-11,14-15,18,24,29H,12-13H2,1-2H3,(H,27,30,33). The number of aromatic nitrogens is 3. The molecule has 0 radical (unpaired) electrons.